The van der Waals surface area contributed by atoms with Gasteiger partial charge in [-0.2, -0.15) is 0 Å². The van der Waals surface area contributed by atoms with Crippen molar-refractivity contribution >= 4 is 45.6 Å². The zero-order valence-corrected chi connectivity index (χ0v) is 23.1. The van der Waals surface area contributed by atoms with Gasteiger partial charge in [0.1, 0.15) is 0 Å². The number of nitrogens with one attached hydrogen (secondary N) is 1. The highest BCUT2D eigenvalue weighted by Crippen LogP contribution is 2.35. The number of halogens is 1. The van der Waals surface area contributed by atoms with Gasteiger partial charge in [-0.1, -0.05) is 68.8 Å². The average Bonchev–Trinajstić information content (AvgIpc) is 3.37. The number of thiazole rings is 1. The molecular weight excluding hydrogens is 518 g/mol. The molecular formula is C30H30ClN3O3S. The highest BCUT2D eigenvalue weighted by molar-refractivity contribution is 7.14. The number of carbonyl (C=O) groups is 2. The van der Waals surface area contributed by atoms with Gasteiger partial charge in [-0.05, 0) is 52.9 Å². The number of aromatic nitrogens is 1. The van der Waals surface area contributed by atoms with E-state index in [2.05, 4.69) is 55.3 Å². The van der Waals surface area contributed by atoms with Crippen molar-refractivity contribution in [3.05, 3.63) is 99.9 Å². The molecule has 0 atom stereocenters. The van der Waals surface area contributed by atoms with E-state index in [0.717, 1.165) is 27.6 Å². The Bertz CT molecular complexity index is 1390. The molecule has 1 amide bonds. The molecule has 0 aliphatic heterocycles. The van der Waals surface area contributed by atoms with Gasteiger partial charge in [0.05, 0.1) is 18.7 Å². The van der Waals surface area contributed by atoms with Gasteiger partial charge in [0.2, 0.25) is 0 Å². The molecule has 0 bridgehead atoms. The van der Waals surface area contributed by atoms with E-state index in [-0.39, 0.29) is 24.3 Å². The van der Waals surface area contributed by atoms with E-state index in [9.17, 15) is 9.59 Å². The lowest BCUT2D eigenvalue weighted by Crippen LogP contribution is -2.26. The molecule has 0 saturated carbocycles. The Balaban J connectivity index is 1.59. The molecule has 0 fully saturated rings. The van der Waals surface area contributed by atoms with Crippen molar-refractivity contribution < 1.29 is 14.7 Å². The number of benzene rings is 3. The van der Waals surface area contributed by atoms with E-state index in [4.69, 9.17) is 21.7 Å². The van der Waals surface area contributed by atoms with Crippen LogP contribution in [0.15, 0.2) is 78.2 Å². The summed E-state index contributed by atoms with van der Waals surface area (Å²) in [6.45, 7) is 7.23. The molecule has 1 aromatic heterocycles. The van der Waals surface area contributed by atoms with Crippen LogP contribution in [0, 0.1) is 0 Å². The molecule has 3 aromatic carbocycles. The van der Waals surface area contributed by atoms with Crippen molar-refractivity contribution in [1.29, 1.82) is 0 Å². The second-order valence-electron chi connectivity index (χ2n) is 10.0. The van der Waals surface area contributed by atoms with Crippen molar-refractivity contribution in [3.8, 4) is 11.3 Å². The van der Waals surface area contributed by atoms with Gasteiger partial charge in [-0.25, -0.2) is 4.98 Å². The maximum absolute atomic E-state index is 12.3. The number of carboxylic acid groups (broad SMARTS) is 1. The maximum Gasteiger partial charge on any atom is 0.305 e. The minimum Gasteiger partial charge on any atom is -0.481 e. The first-order valence-corrected chi connectivity index (χ1v) is 13.5. The first-order valence-electron chi connectivity index (χ1n) is 12.3. The van der Waals surface area contributed by atoms with Gasteiger partial charge in [-0.3, -0.25) is 9.59 Å². The molecule has 6 nitrogen and oxygen atoms in total. The van der Waals surface area contributed by atoms with Crippen LogP contribution in [0.3, 0.4) is 0 Å². The Morgan fingerprint density at radius 2 is 1.63 bits per heavy atom. The summed E-state index contributed by atoms with van der Waals surface area (Å²) in [7, 11) is 0. The molecule has 0 spiro atoms. The second kappa shape index (κ2) is 11.8. The number of nitrogens with zero attached hydrogens (tertiary/aromatic N) is 2. The van der Waals surface area contributed by atoms with Crippen molar-refractivity contribution in [3.63, 3.8) is 0 Å². The van der Waals surface area contributed by atoms with Crippen LogP contribution in [0.25, 0.3) is 11.3 Å². The molecule has 1 heterocycles. The van der Waals surface area contributed by atoms with E-state index < -0.39 is 5.97 Å². The SMILES string of the molecule is CC(C)(C)c1ccc(N(Cc2ccc(C(=O)NCCC(=O)O)cc2)c2nc(-c3ccc(Cl)cc3)cs2)cc1. The van der Waals surface area contributed by atoms with Crippen LogP contribution in [0.5, 0.6) is 0 Å². The fourth-order valence-electron chi connectivity index (χ4n) is 3.88. The van der Waals surface area contributed by atoms with Crippen LogP contribution in [-0.4, -0.2) is 28.5 Å². The summed E-state index contributed by atoms with van der Waals surface area (Å²) in [4.78, 5) is 30.1. The van der Waals surface area contributed by atoms with Crippen LogP contribution < -0.4 is 10.2 Å². The minimum atomic E-state index is -0.947. The average molecular weight is 548 g/mol. The third kappa shape index (κ3) is 7.00. The number of amides is 1. The normalized spacial score (nSPS) is 11.3. The first-order chi connectivity index (χ1) is 18.1. The van der Waals surface area contributed by atoms with Gasteiger partial charge in [-0.15, -0.1) is 11.3 Å². The molecule has 8 heteroatoms. The number of anilines is 2. The number of aliphatic carboxylic acids is 1. The van der Waals surface area contributed by atoms with Gasteiger partial charge in [0.25, 0.3) is 5.91 Å². The van der Waals surface area contributed by atoms with Crippen LogP contribution in [0.2, 0.25) is 5.02 Å². The Labute approximate surface area is 231 Å². The number of carbonyl (C=O) groups excluding carboxylic acids is 1. The molecule has 196 valence electrons. The van der Waals surface area contributed by atoms with Gasteiger partial charge < -0.3 is 15.3 Å². The third-order valence-electron chi connectivity index (χ3n) is 6.09. The smallest absolute Gasteiger partial charge is 0.305 e. The fourth-order valence-corrected chi connectivity index (χ4v) is 4.86. The summed E-state index contributed by atoms with van der Waals surface area (Å²) in [5.74, 6) is -1.24. The quantitative estimate of drug-likeness (QED) is 0.230. The number of hydrogen-bond acceptors (Lipinski definition) is 5. The van der Waals surface area contributed by atoms with Crippen molar-refractivity contribution in [2.75, 3.05) is 11.4 Å². The lowest BCUT2D eigenvalue weighted by Gasteiger charge is -2.24. The van der Waals surface area contributed by atoms with Gasteiger partial charge >= 0.3 is 5.97 Å². The van der Waals surface area contributed by atoms with Gasteiger partial charge in [0, 0.05) is 33.8 Å². The predicted octanol–water partition coefficient (Wildman–Crippen LogP) is 7.30. The van der Waals surface area contributed by atoms with Crippen LogP contribution >= 0.6 is 22.9 Å². The van der Waals surface area contributed by atoms with E-state index in [0.29, 0.717) is 17.1 Å². The lowest BCUT2D eigenvalue weighted by molar-refractivity contribution is -0.136. The summed E-state index contributed by atoms with van der Waals surface area (Å²) in [6, 6.07) is 23.5. The zero-order chi connectivity index (χ0) is 27.3. The number of hydrogen-bond donors (Lipinski definition) is 2. The summed E-state index contributed by atoms with van der Waals surface area (Å²) in [5.41, 5.74) is 5.69. The van der Waals surface area contributed by atoms with Gasteiger partial charge in [0.15, 0.2) is 5.13 Å². The van der Waals surface area contributed by atoms with Crippen molar-refractivity contribution in [2.24, 2.45) is 0 Å². The summed E-state index contributed by atoms with van der Waals surface area (Å²) >= 11 is 7.63. The topological polar surface area (TPSA) is 82.5 Å². The Kier molecular flexibility index (Phi) is 8.49. The molecule has 4 aromatic rings. The molecule has 0 unspecified atom stereocenters. The number of rotatable bonds is 9. The lowest BCUT2D eigenvalue weighted by atomic mass is 9.87. The minimum absolute atomic E-state index is 0.0488. The predicted molar refractivity (Wildman–Crippen MR) is 155 cm³/mol. The highest BCUT2D eigenvalue weighted by Gasteiger charge is 2.18. The number of carboxylic acids is 1. The Hall–Kier alpha value is -3.68. The third-order valence-corrected chi connectivity index (χ3v) is 7.20. The molecule has 0 aliphatic rings. The van der Waals surface area contributed by atoms with E-state index in [1.165, 1.54) is 5.56 Å². The standard InChI is InChI=1S/C30H30ClN3O3S/c1-30(2,3)23-10-14-25(15-11-23)34(29-33-26(19-38-29)21-8-12-24(31)13-9-21)18-20-4-6-22(7-5-20)28(37)32-17-16-27(35)36/h4-15,19H,16-18H2,1-3H3,(H,32,37)(H,35,36). The molecule has 2 N–H and O–H groups in total. The zero-order valence-electron chi connectivity index (χ0n) is 21.6. The molecule has 38 heavy (non-hydrogen) atoms. The first kappa shape index (κ1) is 27.4. The van der Waals surface area contributed by atoms with Crippen LogP contribution in [0.4, 0.5) is 10.8 Å². The second-order valence-corrected chi connectivity index (χ2v) is 11.3. The van der Waals surface area contributed by atoms with E-state index in [1.54, 1.807) is 23.5 Å². The highest BCUT2D eigenvalue weighted by atomic mass is 35.5. The van der Waals surface area contributed by atoms with Crippen molar-refractivity contribution in [2.45, 2.75) is 39.2 Å². The summed E-state index contributed by atoms with van der Waals surface area (Å²) in [6.07, 6.45) is -0.112. The van der Waals surface area contributed by atoms with Crippen molar-refractivity contribution in [1.82, 2.24) is 10.3 Å². The monoisotopic (exact) mass is 547 g/mol. The van der Waals surface area contributed by atoms with Crippen LogP contribution in [-0.2, 0) is 16.8 Å². The summed E-state index contributed by atoms with van der Waals surface area (Å²) < 4.78 is 0. The molecule has 0 aliphatic carbocycles. The summed E-state index contributed by atoms with van der Waals surface area (Å²) in [5, 5.41) is 15.0. The van der Waals surface area contributed by atoms with Crippen LogP contribution in [0.1, 0.15) is 48.7 Å². The Morgan fingerprint density at radius 3 is 2.24 bits per heavy atom. The molecule has 4 rings (SSSR count). The molecule has 0 saturated heterocycles. The Morgan fingerprint density at radius 1 is 0.974 bits per heavy atom. The maximum atomic E-state index is 12.3. The largest absolute Gasteiger partial charge is 0.481 e. The van der Waals surface area contributed by atoms with E-state index >= 15 is 0 Å². The fraction of sp³-hybridized carbons (Fsp3) is 0.233. The van der Waals surface area contributed by atoms with E-state index in [1.807, 2.05) is 41.8 Å². The molecule has 0 radical (unpaired) electrons.